The van der Waals surface area contributed by atoms with Gasteiger partial charge in [0.05, 0.1) is 5.92 Å². The molecule has 2 aromatic rings. The predicted octanol–water partition coefficient (Wildman–Crippen LogP) is 2.94. The first-order chi connectivity index (χ1) is 15.4. The third-order valence-corrected chi connectivity index (χ3v) is 4.69. The van der Waals surface area contributed by atoms with E-state index < -0.39 is 30.0 Å². The number of aliphatic carboxylic acids is 2. The predicted molar refractivity (Wildman–Crippen MR) is 109 cm³/mol. The van der Waals surface area contributed by atoms with Crippen LogP contribution in [0.25, 0.3) is 0 Å². The lowest BCUT2D eigenvalue weighted by atomic mass is 9.81. The van der Waals surface area contributed by atoms with E-state index in [2.05, 4.69) is 20.6 Å². The van der Waals surface area contributed by atoms with E-state index in [-0.39, 0.29) is 11.7 Å². The van der Waals surface area contributed by atoms with Crippen molar-refractivity contribution in [2.45, 2.75) is 51.6 Å². The Bertz CT molecular complexity index is 891. The van der Waals surface area contributed by atoms with Crippen LogP contribution in [0.3, 0.4) is 0 Å². The van der Waals surface area contributed by atoms with Crippen molar-refractivity contribution in [3.63, 3.8) is 0 Å². The molecule has 0 fully saturated rings. The van der Waals surface area contributed by atoms with Gasteiger partial charge in [0, 0.05) is 5.92 Å². The van der Waals surface area contributed by atoms with Gasteiger partial charge < -0.3 is 15.9 Å². The number of nitrogens with two attached hydrogens (primary N) is 1. The summed E-state index contributed by atoms with van der Waals surface area (Å²) in [6, 6.07) is 5.04. The number of aryl methyl sites for hydroxylation is 1. The number of nitrogens with one attached hydrogen (secondary N) is 1. The topological polar surface area (TPSA) is 155 Å². The number of alkyl halides is 3. The van der Waals surface area contributed by atoms with Crippen molar-refractivity contribution in [1.29, 1.82) is 0 Å². The first-order valence-corrected chi connectivity index (χ1v) is 10.1. The molecule has 0 radical (unpaired) electrons. The van der Waals surface area contributed by atoms with Crippen LogP contribution in [0.4, 0.5) is 17.6 Å². The molecule has 0 saturated heterocycles. The highest BCUT2D eigenvalue weighted by molar-refractivity contribution is 5.73. The summed E-state index contributed by atoms with van der Waals surface area (Å²) in [7, 11) is 0. The molecule has 1 heterocycles. The highest BCUT2D eigenvalue weighted by atomic mass is 19.4. The average Bonchev–Trinajstić information content (AvgIpc) is 3.24. The molecule has 9 nitrogen and oxygen atoms in total. The zero-order chi connectivity index (χ0) is 25.2. The number of H-pyrrole nitrogens is 1. The second kappa shape index (κ2) is 12.8. The molecule has 0 aliphatic rings. The maximum absolute atomic E-state index is 14.3. The summed E-state index contributed by atoms with van der Waals surface area (Å²) in [5.41, 5.74) is 6.81. The standard InChI is InChI=1S/C18H26FN5O2.C2HF3O2/c1-11(2)8-15(18(25)26)14(17-21-23-24-22-17)9-12-5-6-13(4-3-7-20)16(19)10-12;3-2(4,5)1(6)7/h5-6,10-11,14-15H,3-4,7-9,20H2,1-2H3,(H,25,26)(H,21,22,23,24);(H,6,7)/t14-,15-;/m0./s1. The number of aromatic nitrogens is 4. The molecule has 2 rings (SSSR count). The van der Waals surface area contributed by atoms with Crippen LogP contribution in [0.15, 0.2) is 18.2 Å². The van der Waals surface area contributed by atoms with Crippen molar-refractivity contribution >= 4 is 11.9 Å². The number of tetrazole rings is 1. The van der Waals surface area contributed by atoms with E-state index in [1.54, 1.807) is 6.07 Å². The van der Waals surface area contributed by atoms with Gasteiger partial charge in [0.2, 0.25) is 0 Å². The lowest BCUT2D eigenvalue weighted by Gasteiger charge is -2.23. The molecule has 0 unspecified atom stereocenters. The van der Waals surface area contributed by atoms with Gasteiger partial charge in [0.15, 0.2) is 5.82 Å². The third kappa shape index (κ3) is 9.51. The minimum absolute atomic E-state index is 0.195. The minimum Gasteiger partial charge on any atom is -0.481 e. The van der Waals surface area contributed by atoms with Crippen LogP contribution in [0.2, 0.25) is 0 Å². The molecule has 0 aliphatic carbocycles. The van der Waals surface area contributed by atoms with Gasteiger partial charge in [0.25, 0.3) is 0 Å². The quantitative estimate of drug-likeness (QED) is 0.381. The zero-order valence-electron chi connectivity index (χ0n) is 18.1. The van der Waals surface area contributed by atoms with Crippen LogP contribution < -0.4 is 5.73 Å². The van der Waals surface area contributed by atoms with E-state index >= 15 is 0 Å². The zero-order valence-corrected chi connectivity index (χ0v) is 18.1. The number of hydrogen-bond donors (Lipinski definition) is 4. The molecular weight excluding hydrogens is 450 g/mol. The van der Waals surface area contributed by atoms with Crippen LogP contribution in [0.5, 0.6) is 0 Å². The molecule has 13 heteroatoms. The first-order valence-electron chi connectivity index (χ1n) is 10.1. The summed E-state index contributed by atoms with van der Waals surface area (Å²) in [6.07, 6.45) is -2.97. The van der Waals surface area contributed by atoms with Crippen molar-refractivity contribution in [2.75, 3.05) is 6.54 Å². The Morgan fingerprint density at radius 1 is 1.21 bits per heavy atom. The Morgan fingerprint density at radius 2 is 1.85 bits per heavy atom. The molecule has 2 atom stereocenters. The van der Waals surface area contributed by atoms with Crippen LogP contribution in [0, 0.1) is 17.7 Å². The molecule has 0 spiro atoms. The van der Waals surface area contributed by atoms with Gasteiger partial charge in [-0.25, -0.2) is 9.18 Å². The molecule has 0 saturated carbocycles. The van der Waals surface area contributed by atoms with Crippen molar-refractivity contribution in [3.05, 3.63) is 41.0 Å². The van der Waals surface area contributed by atoms with Gasteiger partial charge in [-0.1, -0.05) is 31.2 Å². The second-order valence-electron chi connectivity index (χ2n) is 7.78. The number of hydrogen-bond acceptors (Lipinski definition) is 6. The SMILES string of the molecule is CC(C)C[C@H](C(=O)O)[C@H](Cc1ccc(CCCN)c(F)c1)c1nn[nH]n1.O=C(O)C(F)(F)F. The maximum atomic E-state index is 14.3. The molecular formula is C20H27F4N5O4. The lowest BCUT2D eigenvalue weighted by molar-refractivity contribution is -0.192. The van der Waals surface area contributed by atoms with Gasteiger partial charge in [0.1, 0.15) is 5.82 Å². The van der Waals surface area contributed by atoms with Crippen molar-refractivity contribution < 1.29 is 37.4 Å². The Morgan fingerprint density at radius 3 is 2.27 bits per heavy atom. The summed E-state index contributed by atoms with van der Waals surface area (Å²) in [5.74, 6) is -4.58. The fourth-order valence-electron chi connectivity index (χ4n) is 3.15. The number of aromatic amines is 1. The molecule has 1 aromatic carbocycles. The van der Waals surface area contributed by atoms with E-state index in [1.807, 2.05) is 19.9 Å². The van der Waals surface area contributed by atoms with Crippen LogP contribution in [0.1, 0.15) is 49.6 Å². The van der Waals surface area contributed by atoms with Gasteiger partial charge in [-0.05, 0) is 55.3 Å². The van der Waals surface area contributed by atoms with Crippen molar-refractivity contribution in [2.24, 2.45) is 17.6 Å². The summed E-state index contributed by atoms with van der Waals surface area (Å²) < 4.78 is 46.1. The summed E-state index contributed by atoms with van der Waals surface area (Å²) in [5, 5.41) is 30.7. The monoisotopic (exact) mass is 477 g/mol. The minimum atomic E-state index is -5.08. The fraction of sp³-hybridized carbons (Fsp3) is 0.550. The van der Waals surface area contributed by atoms with Gasteiger partial charge >= 0.3 is 18.1 Å². The lowest BCUT2D eigenvalue weighted by Crippen LogP contribution is -2.26. The highest BCUT2D eigenvalue weighted by Crippen LogP contribution is 2.31. The van der Waals surface area contributed by atoms with Gasteiger partial charge in [-0.3, -0.25) is 4.79 Å². The van der Waals surface area contributed by atoms with E-state index in [9.17, 15) is 27.5 Å². The van der Waals surface area contributed by atoms with Gasteiger partial charge in [-0.2, -0.15) is 18.4 Å². The first kappa shape index (κ1) is 27.9. The largest absolute Gasteiger partial charge is 0.490 e. The molecule has 0 bridgehead atoms. The van der Waals surface area contributed by atoms with Crippen molar-refractivity contribution in [1.82, 2.24) is 20.6 Å². The Labute approximate surface area is 187 Å². The maximum Gasteiger partial charge on any atom is 0.490 e. The van der Waals surface area contributed by atoms with Crippen molar-refractivity contribution in [3.8, 4) is 0 Å². The second-order valence-corrected chi connectivity index (χ2v) is 7.78. The van der Waals surface area contributed by atoms with E-state index in [4.69, 9.17) is 15.6 Å². The fourth-order valence-corrected chi connectivity index (χ4v) is 3.15. The van der Waals surface area contributed by atoms with E-state index in [0.717, 1.165) is 6.42 Å². The number of carboxylic acids is 2. The molecule has 0 aliphatic heterocycles. The van der Waals surface area contributed by atoms with Gasteiger partial charge in [-0.15, -0.1) is 10.2 Å². The summed E-state index contributed by atoms with van der Waals surface area (Å²) >= 11 is 0. The molecule has 33 heavy (non-hydrogen) atoms. The molecule has 1 aromatic heterocycles. The number of benzene rings is 1. The number of carbonyl (C=O) groups is 2. The van der Waals surface area contributed by atoms with E-state index in [1.165, 1.54) is 6.07 Å². The Kier molecular flexibility index (Phi) is 10.9. The number of halogens is 4. The smallest absolute Gasteiger partial charge is 0.481 e. The van der Waals surface area contributed by atoms with Crippen LogP contribution >= 0.6 is 0 Å². The third-order valence-electron chi connectivity index (χ3n) is 4.69. The number of rotatable bonds is 10. The number of carboxylic acid groups (broad SMARTS) is 2. The Hall–Kier alpha value is -3.09. The van der Waals surface area contributed by atoms with E-state index in [0.29, 0.717) is 42.8 Å². The molecule has 0 amide bonds. The molecule has 5 N–H and O–H groups in total. The average molecular weight is 477 g/mol. The van der Waals surface area contributed by atoms with Crippen LogP contribution in [-0.2, 0) is 22.4 Å². The van der Waals surface area contributed by atoms with Crippen LogP contribution in [-0.4, -0.2) is 55.5 Å². The summed E-state index contributed by atoms with van der Waals surface area (Å²) in [4.78, 5) is 20.7. The number of nitrogens with zero attached hydrogens (tertiary/aromatic N) is 3. The summed E-state index contributed by atoms with van der Waals surface area (Å²) in [6.45, 7) is 4.45. The normalized spacial score (nSPS) is 13.2. The Balaban J connectivity index is 0.000000675. The molecule has 184 valence electrons. The highest BCUT2D eigenvalue weighted by Gasteiger charge is 2.38.